The van der Waals surface area contributed by atoms with Gasteiger partial charge < -0.3 is 5.11 Å². The number of halogens is 1. The van der Waals surface area contributed by atoms with Crippen molar-refractivity contribution in [2.24, 2.45) is 0 Å². The Morgan fingerprint density at radius 1 is 1.08 bits per heavy atom. The molecule has 4 heteroatoms. The van der Waals surface area contributed by atoms with Crippen molar-refractivity contribution in [3.05, 3.63) is 71.0 Å². The lowest BCUT2D eigenvalue weighted by molar-refractivity contribution is -0.145. The topological polar surface area (TPSA) is 40.5 Å². The lowest BCUT2D eigenvalue weighted by atomic mass is 9.90. The minimum absolute atomic E-state index is 0.256. The van der Waals surface area contributed by atoms with Gasteiger partial charge >= 0.3 is 5.97 Å². The molecule has 0 aromatic heterocycles. The fourth-order valence-corrected chi connectivity index (χ4v) is 3.84. The fraction of sp³-hybridized carbons (Fsp3) is 0.409. The average molecular weight is 355 g/mol. The number of benzene rings is 2. The molecule has 26 heavy (non-hydrogen) atoms. The number of piperidine rings is 1. The van der Waals surface area contributed by atoms with Gasteiger partial charge in [-0.15, -0.1) is 0 Å². The number of hydrogen-bond acceptors (Lipinski definition) is 2. The fourth-order valence-electron chi connectivity index (χ4n) is 3.84. The van der Waals surface area contributed by atoms with Crippen LogP contribution < -0.4 is 0 Å². The highest BCUT2D eigenvalue weighted by Gasteiger charge is 2.35. The van der Waals surface area contributed by atoms with Gasteiger partial charge in [-0.3, -0.25) is 9.69 Å². The molecule has 2 aromatic rings. The van der Waals surface area contributed by atoms with Crippen LogP contribution in [0.25, 0.3) is 0 Å². The Kier molecular flexibility index (Phi) is 5.72. The van der Waals surface area contributed by atoms with Crippen LogP contribution in [0.3, 0.4) is 0 Å². The summed E-state index contributed by atoms with van der Waals surface area (Å²) in [4.78, 5) is 13.8. The monoisotopic (exact) mass is 355 g/mol. The molecule has 1 fully saturated rings. The van der Waals surface area contributed by atoms with Crippen molar-refractivity contribution in [2.75, 3.05) is 6.54 Å². The van der Waals surface area contributed by atoms with Crippen LogP contribution in [0.5, 0.6) is 0 Å². The largest absolute Gasteiger partial charge is 0.480 e. The molecule has 1 aliphatic heterocycles. The van der Waals surface area contributed by atoms with Crippen LogP contribution in [0.15, 0.2) is 48.5 Å². The summed E-state index contributed by atoms with van der Waals surface area (Å²) in [6.07, 6.45) is 2.50. The molecule has 0 saturated carbocycles. The Bertz CT molecular complexity index is 757. The highest BCUT2D eigenvalue weighted by atomic mass is 19.1. The van der Waals surface area contributed by atoms with Crippen molar-refractivity contribution in [3.63, 3.8) is 0 Å². The normalized spacial score (nSPS) is 19.5. The standard InChI is InChI=1S/C22H26FNO2/c1-15(2)16-9-11-17(12-10-16)21(18-6-5-7-19(23)14-18)24-13-4-3-8-20(24)22(25)26/h5-7,9-12,14-15,20-21H,3-4,8,13H2,1-2H3,(H,25,26). The first kappa shape index (κ1) is 18.6. The van der Waals surface area contributed by atoms with Crippen molar-refractivity contribution in [3.8, 4) is 0 Å². The Hall–Kier alpha value is -2.20. The van der Waals surface area contributed by atoms with Gasteiger partial charge in [0.05, 0.1) is 6.04 Å². The summed E-state index contributed by atoms with van der Waals surface area (Å²) in [6, 6.07) is 14.0. The zero-order valence-corrected chi connectivity index (χ0v) is 15.4. The number of hydrogen-bond donors (Lipinski definition) is 1. The van der Waals surface area contributed by atoms with Crippen molar-refractivity contribution in [1.29, 1.82) is 0 Å². The van der Waals surface area contributed by atoms with Gasteiger partial charge in [-0.1, -0.05) is 56.7 Å². The predicted octanol–water partition coefficient (Wildman–Crippen LogP) is 4.98. The van der Waals surface area contributed by atoms with E-state index >= 15 is 0 Å². The van der Waals surface area contributed by atoms with E-state index in [1.165, 1.54) is 17.7 Å². The molecule has 0 spiro atoms. The molecule has 0 bridgehead atoms. The van der Waals surface area contributed by atoms with Gasteiger partial charge in [0.25, 0.3) is 0 Å². The first-order valence-corrected chi connectivity index (χ1v) is 9.31. The van der Waals surface area contributed by atoms with Crippen molar-refractivity contribution < 1.29 is 14.3 Å². The number of rotatable bonds is 5. The van der Waals surface area contributed by atoms with Crippen molar-refractivity contribution in [2.45, 2.75) is 51.1 Å². The molecular formula is C22H26FNO2. The van der Waals surface area contributed by atoms with E-state index in [0.29, 0.717) is 18.9 Å². The molecule has 138 valence electrons. The van der Waals surface area contributed by atoms with Gasteiger partial charge in [0.2, 0.25) is 0 Å². The molecule has 1 saturated heterocycles. The van der Waals surface area contributed by atoms with E-state index in [9.17, 15) is 14.3 Å². The van der Waals surface area contributed by atoms with E-state index < -0.39 is 12.0 Å². The van der Waals surface area contributed by atoms with E-state index in [1.807, 2.05) is 11.0 Å². The van der Waals surface area contributed by atoms with Crippen molar-refractivity contribution in [1.82, 2.24) is 4.90 Å². The van der Waals surface area contributed by atoms with Gasteiger partial charge in [-0.25, -0.2) is 4.39 Å². The molecule has 1 heterocycles. The average Bonchev–Trinajstić information content (AvgIpc) is 2.63. The molecular weight excluding hydrogens is 329 g/mol. The summed E-state index contributed by atoms with van der Waals surface area (Å²) in [5.41, 5.74) is 3.05. The molecule has 2 aromatic carbocycles. The Balaban J connectivity index is 2.05. The lowest BCUT2D eigenvalue weighted by Gasteiger charge is -2.39. The van der Waals surface area contributed by atoms with Gasteiger partial charge in [-0.05, 0) is 54.1 Å². The Morgan fingerprint density at radius 2 is 1.77 bits per heavy atom. The third-order valence-electron chi connectivity index (χ3n) is 5.24. The Labute approximate surface area is 154 Å². The minimum atomic E-state index is -0.801. The third kappa shape index (κ3) is 3.96. The molecule has 1 aliphatic rings. The second-order valence-corrected chi connectivity index (χ2v) is 7.37. The van der Waals surface area contributed by atoms with Crippen LogP contribution >= 0.6 is 0 Å². The van der Waals surface area contributed by atoms with E-state index in [4.69, 9.17) is 0 Å². The van der Waals surface area contributed by atoms with Gasteiger partial charge in [-0.2, -0.15) is 0 Å². The number of carboxylic acid groups (broad SMARTS) is 1. The van der Waals surface area contributed by atoms with Gasteiger partial charge in [0.1, 0.15) is 11.9 Å². The highest BCUT2D eigenvalue weighted by Crippen LogP contribution is 2.35. The molecule has 1 N–H and O–H groups in total. The van der Waals surface area contributed by atoms with E-state index in [0.717, 1.165) is 24.0 Å². The van der Waals surface area contributed by atoms with Crippen LogP contribution in [0.4, 0.5) is 4.39 Å². The number of carbonyl (C=O) groups is 1. The van der Waals surface area contributed by atoms with E-state index in [1.54, 1.807) is 6.07 Å². The highest BCUT2D eigenvalue weighted by molar-refractivity contribution is 5.73. The zero-order chi connectivity index (χ0) is 18.7. The summed E-state index contributed by atoms with van der Waals surface area (Å²) in [5.74, 6) is -0.668. The molecule has 0 aliphatic carbocycles. The maximum Gasteiger partial charge on any atom is 0.320 e. The van der Waals surface area contributed by atoms with E-state index in [-0.39, 0.29) is 11.9 Å². The molecule has 2 atom stereocenters. The summed E-state index contributed by atoms with van der Waals surface area (Å²) < 4.78 is 13.9. The molecule has 3 nitrogen and oxygen atoms in total. The molecule has 0 radical (unpaired) electrons. The molecule has 3 rings (SSSR count). The summed E-state index contributed by atoms with van der Waals surface area (Å²) >= 11 is 0. The van der Waals surface area contributed by atoms with Crippen LogP contribution in [0.2, 0.25) is 0 Å². The summed E-state index contributed by atoms with van der Waals surface area (Å²) in [6.45, 7) is 4.98. The van der Waals surface area contributed by atoms with Gasteiger partial charge in [0.15, 0.2) is 0 Å². The van der Waals surface area contributed by atoms with Crippen LogP contribution in [-0.4, -0.2) is 28.6 Å². The van der Waals surface area contributed by atoms with Crippen molar-refractivity contribution >= 4 is 5.97 Å². The zero-order valence-electron chi connectivity index (χ0n) is 15.4. The number of aliphatic carboxylic acids is 1. The first-order chi connectivity index (χ1) is 12.5. The Morgan fingerprint density at radius 3 is 2.38 bits per heavy atom. The maximum absolute atomic E-state index is 13.9. The number of nitrogens with zero attached hydrogens (tertiary/aromatic N) is 1. The summed E-state index contributed by atoms with van der Waals surface area (Å²) in [7, 11) is 0. The second-order valence-electron chi connectivity index (χ2n) is 7.37. The first-order valence-electron chi connectivity index (χ1n) is 9.31. The van der Waals surface area contributed by atoms with Crippen LogP contribution in [0, 0.1) is 5.82 Å². The number of likely N-dealkylation sites (tertiary alicyclic amines) is 1. The molecule has 0 amide bonds. The minimum Gasteiger partial charge on any atom is -0.480 e. The van der Waals surface area contributed by atoms with Crippen LogP contribution in [-0.2, 0) is 4.79 Å². The van der Waals surface area contributed by atoms with Crippen LogP contribution in [0.1, 0.15) is 61.8 Å². The second kappa shape index (κ2) is 8.00. The van der Waals surface area contributed by atoms with E-state index in [2.05, 4.69) is 38.1 Å². The summed E-state index contributed by atoms with van der Waals surface area (Å²) in [5, 5.41) is 9.71. The predicted molar refractivity (Wildman–Crippen MR) is 101 cm³/mol. The molecule has 2 unspecified atom stereocenters. The quantitative estimate of drug-likeness (QED) is 0.822. The smallest absolute Gasteiger partial charge is 0.320 e. The third-order valence-corrected chi connectivity index (χ3v) is 5.24. The SMILES string of the molecule is CC(C)c1ccc(C(c2cccc(F)c2)N2CCCCC2C(=O)O)cc1. The lowest BCUT2D eigenvalue weighted by Crippen LogP contribution is -2.46. The maximum atomic E-state index is 13.9. The number of carboxylic acids is 1. The van der Waals surface area contributed by atoms with Gasteiger partial charge in [0, 0.05) is 0 Å².